The van der Waals surface area contributed by atoms with Gasteiger partial charge in [-0.2, -0.15) is 0 Å². The number of Topliss-reactive ketones (excluding diaryl/α,β-unsaturated/α-hetero) is 1. The maximum Gasteiger partial charge on any atom is 0.158 e. The summed E-state index contributed by atoms with van der Waals surface area (Å²) in [5.41, 5.74) is 2.02. The minimum atomic E-state index is 0.0470. The highest BCUT2D eigenvalue weighted by Gasteiger charge is 2.13. The third-order valence-corrected chi connectivity index (χ3v) is 2.61. The van der Waals surface area contributed by atoms with Crippen LogP contribution in [0.25, 0.3) is 0 Å². The number of ether oxygens (including phenoxy) is 1. The summed E-state index contributed by atoms with van der Waals surface area (Å²) in [5.74, 6) is 0.274. The van der Waals surface area contributed by atoms with E-state index in [0.717, 1.165) is 24.0 Å². The van der Waals surface area contributed by atoms with Crippen molar-refractivity contribution in [3.8, 4) is 0 Å². The van der Waals surface area contributed by atoms with Crippen molar-refractivity contribution >= 4 is 5.78 Å². The Labute approximate surface area is 87.3 Å². The van der Waals surface area contributed by atoms with E-state index in [1.54, 1.807) is 7.11 Å². The number of carbonyl (C=O) groups is 1. The fraction of sp³-hybridized carbons (Fsp3) is 0.750. The van der Waals surface area contributed by atoms with Crippen molar-refractivity contribution in [2.45, 2.75) is 53.1 Å². The lowest BCUT2D eigenvalue weighted by Crippen LogP contribution is -2.13. The molecule has 0 aliphatic carbocycles. The molecule has 0 aromatic rings. The first-order chi connectivity index (χ1) is 6.58. The average Bonchev–Trinajstić information content (AvgIpc) is 2.18. The van der Waals surface area contributed by atoms with Gasteiger partial charge in [0, 0.05) is 13.5 Å². The average molecular weight is 198 g/mol. The van der Waals surface area contributed by atoms with E-state index in [1.165, 1.54) is 0 Å². The van der Waals surface area contributed by atoms with Gasteiger partial charge in [-0.1, -0.05) is 13.8 Å². The SMILES string of the molecule is CCCC(=O)/C(CC)=C(\C)C(C)OC. The molecule has 0 saturated heterocycles. The van der Waals surface area contributed by atoms with Gasteiger partial charge in [0.15, 0.2) is 5.78 Å². The summed E-state index contributed by atoms with van der Waals surface area (Å²) in [7, 11) is 1.67. The van der Waals surface area contributed by atoms with Gasteiger partial charge in [0.25, 0.3) is 0 Å². The standard InChI is InChI=1S/C12H22O2/c1-6-8-12(13)11(7-2)9(3)10(4)14-5/h10H,6-8H2,1-5H3/b11-9+. The van der Waals surface area contributed by atoms with E-state index in [9.17, 15) is 4.79 Å². The molecule has 1 atom stereocenters. The minimum Gasteiger partial charge on any atom is -0.377 e. The summed E-state index contributed by atoms with van der Waals surface area (Å²) in [6, 6.07) is 0. The monoisotopic (exact) mass is 198 g/mol. The van der Waals surface area contributed by atoms with Crippen molar-refractivity contribution in [2.24, 2.45) is 0 Å². The molecular weight excluding hydrogens is 176 g/mol. The summed E-state index contributed by atoms with van der Waals surface area (Å²) in [4.78, 5) is 11.7. The van der Waals surface area contributed by atoms with Crippen LogP contribution in [0.1, 0.15) is 47.0 Å². The van der Waals surface area contributed by atoms with Gasteiger partial charge in [0.05, 0.1) is 6.10 Å². The number of hydrogen-bond acceptors (Lipinski definition) is 2. The van der Waals surface area contributed by atoms with Crippen LogP contribution < -0.4 is 0 Å². The molecule has 0 aliphatic rings. The first-order valence-electron chi connectivity index (χ1n) is 5.34. The second-order valence-electron chi connectivity index (χ2n) is 3.57. The summed E-state index contributed by atoms with van der Waals surface area (Å²) in [6.45, 7) is 8.01. The number of methoxy groups -OCH3 is 1. The van der Waals surface area contributed by atoms with Crippen LogP contribution in [0.2, 0.25) is 0 Å². The second-order valence-corrected chi connectivity index (χ2v) is 3.57. The van der Waals surface area contributed by atoms with Crippen LogP contribution in [-0.4, -0.2) is 19.0 Å². The maximum absolute atomic E-state index is 11.7. The first-order valence-corrected chi connectivity index (χ1v) is 5.34. The van der Waals surface area contributed by atoms with Gasteiger partial charge >= 0.3 is 0 Å². The van der Waals surface area contributed by atoms with Crippen molar-refractivity contribution in [3.05, 3.63) is 11.1 Å². The number of carbonyl (C=O) groups excluding carboxylic acids is 1. The molecule has 0 rings (SSSR count). The van der Waals surface area contributed by atoms with E-state index in [2.05, 4.69) is 0 Å². The van der Waals surface area contributed by atoms with E-state index < -0.39 is 0 Å². The summed E-state index contributed by atoms with van der Waals surface area (Å²) in [6.07, 6.45) is 2.41. The normalized spacial score (nSPS) is 14.9. The largest absolute Gasteiger partial charge is 0.377 e. The van der Waals surface area contributed by atoms with Crippen LogP contribution >= 0.6 is 0 Å². The summed E-state index contributed by atoms with van der Waals surface area (Å²) in [5, 5.41) is 0. The third kappa shape index (κ3) is 3.62. The predicted octanol–water partition coefficient (Wildman–Crippen LogP) is 3.12. The maximum atomic E-state index is 11.7. The van der Waals surface area contributed by atoms with Crippen LogP contribution in [0.15, 0.2) is 11.1 Å². The Morgan fingerprint density at radius 3 is 2.29 bits per heavy atom. The molecule has 0 aromatic carbocycles. The zero-order valence-electron chi connectivity index (χ0n) is 10.0. The van der Waals surface area contributed by atoms with Crippen LogP contribution in [0, 0.1) is 0 Å². The zero-order valence-corrected chi connectivity index (χ0v) is 10.0. The molecule has 0 heterocycles. The van der Waals surface area contributed by atoms with Crippen LogP contribution in [0.3, 0.4) is 0 Å². The number of rotatable bonds is 6. The molecule has 0 saturated carbocycles. The van der Waals surface area contributed by atoms with E-state index in [1.807, 2.05) is 27.7 Å². The number of allylic oxidation sites excluding steroid dienone is 1. The molecule has 0 N–H and O–H groups in total. The molecule has 0 bridgehead atoms. The summed E-state index contributed by atoms with van der Waals surface area (Å²) < 4.78 is 5.21. The Kier molecular flexibility index (Phi) is 6.46. The van der Waals surface area contributed by atoms with Crippen molar-refractivity contribution in [1.82, 2.24) is 0 Å². The molecule has 0 spiro atoms. The minimum absolute atomic E-state index is 0.0470. The van der Waals surface area contributed by atoms with Crippen molar-refractivity contribution < 1.29 is 9.53 Å². The van der Waals surface area contributed by atoms with Gasteiger partial charge in [0.2, 0.25) is 0 Å². The molecular formula is C12H22O2. The van der Waals surface area contributed by atoms with Gasteiger partial charge < -0.3 is 4.74 Å². The fourth-order valence-corrected chi connectivity index (χ4v) is 1.50. The molecule has 82 valence electrons. The highest BCUT2D eigenvalue weighted by Crippen LogP contribution is 2.17. The van der Waals surface area contributed by atoms with Crippen LogP contribution in [0.4, 0.5) is 0 Å². The van der Waals surface area contributed by atoms with Gasteiger partial charge in [0.1, 0.15) is 0 Å². The Morgan fingerprint density at radius 2 is 1.93 bits per heavy atom. The molecule has 0 aromatic heterocycles. The predicted molar refractivity (Wildman–Crippen MR) is 59.4 cm³/mol. The van der Waals surface area contributed by atoms with E-state index in [4.69, 9.17) is 4.74 Å². The Bertz CT molecular complexity index is 216. The van der Waals surface area contributed by atoms with Crippen molar-refractivity contribution in [1.29, 1.82) is 0 Å². The molecule has 14 heavy (non-hydrogen) atoms. The lowest BCUT2D eigenvalue weighted by Gasteiger charge is -2.14. The van der Waals surface area contributed by atoms with Gasteiger partial charge in [-0.15, -0.1) is 0 Å². The van der Waals surface area contributed by atoms with Gasteiger partial charge in [-0.05, 0) is 37.8 Å². The Hall–Kier alpha value is -0.630. The number of ketones is 1. The molecule has 2 heteroatoms. The van der Waals surface area contributed by atoms with Crippen LogP contribution in [0.5, 0.6) is 0 Å². The zero-order chi connectivity index (χ0) is 11.1. The van der Waals surface area contributed by atoms with E-state index in [0.29, 0.717) is 6.42 Å². The van der Waals surface area contributed by atoms with Crippen LogP contribution in [-0.2, 0) is 9.53 Å². The highest BCUT2D eigenvalue weighted by atomic mass is 16.5. The topological polar surface area (TPSA) is 26.3 Å². The molecule has 0 aliphatic heterocycles. The first kappa shape index (κ1) is 13.4. The van der Waals surface area contributed by atoms with Gasteiger partial charge in [-0.3, -0.25) is 4.79 Å². The van der Waals surface area contributed by atoms with Crippen molar-refractivity contribution in [2.75, 3.05) is 7.11 Å². The summed E-state index contributed by atoms with van der Waals surface area (Å²) >= 11 is 0. The molecule has 2 nitrogen and oxygen atoms in total. The van der Waals surface area contributed by atoms with E-state index >= 15 is 0 Å². The number of hydrogen-bond donors (Lipinski definition) is 0. The Morgan fingerprint density at radius 1 is 1.36 bits per heavy atom. The third-order valence-electron chi connectivity index (χ3n) is 2.61. The Balaban J connectivity index is 4.74. The molecule has 0 amide bonds. The van der Waals surface area contributed by atoms with Crippen molar-refractivity contribution in [3.63, 3.8) is 0 Å². The lowest BCUT2D eigenvalue weighted by molar-refractivity contribution is -0.115. The smallest absolute Gasteiger partial charge is 0.158 e. The second kappa shape index (κ2) is 6.77. The fourth-order valence-electron chi connectivity index (χ4n) is 1.50. The van der Waals surface area contributed by atoms with E-state index in [-0.39, 0.29) is 11.9 Å². The molecule has 0 fully saturated rings. The lowest BCUT2D eigenvalue weighted by atomic mass is 9.97. The van der Waals surface area contributed by atoms with Gasteiger partial charge in [-0.25, -0.2) is 0 Å². The highest BCUT2D eigenvalue weighted by molar-refractivity contribution is 5.96. The molecule has 0 radical (unpaired) electrons. The quantitative estimate of drug-likeness (QED) is 0.613. The molecule has 1 unspecified atom stereocenters.